The Balaban J connectivity index is 1.92. The second kappa shape index (κ2) is 7.35. The minimum absolute atomic E-state index is 0.00872. The van der Waals surface area contributed by atoms with E-state index in [1.807, 2.05) is 24.3 Å². The Morgan fingerprint density at radius 3 is 2.86 bits per heavy atom. The fourth-order valence-electron chi connectivity index (χ4n) is 2.73. The van der Waals surface area contributed by atoms with Crippen molar-refractivity contribution < 1.29 is 13.2 Å². The van der Waals surface area contributed by atoms with Gasteiger partial charge >= 0.3 is 0 Å². The summed E-state index contributed by atoms with van der Waals surface area (Å²) in [5.74, 6) is 0.269. The summed E-state index contributed by atoms with van der Waals surface area (Å²) in [7, 11) is -3.33. The number of benzene rings is 1. The first kappa shape index (κ1) is 16.4. The molecule has 0 aliphatic carbocycles. The smallest absolute Gasteiger partial charge is 0.215 e. The fraction of sp³-hybridized carbons (Fsp3) is 0.600. The average Bonchev–Trinajstić information content (AvgIpc) is 2.92. The normalized spacial score (nSPS) is 22.6. The molecule has 1 saturated heterocycles. The quantitative estimate of drug-likeness (QED) is 0.797. The van der Waals surface area contributed by atoms with Gasteiger partial charge in [0.1, 0.15) is 0 Å². The van der Waals surface area contributed by atoms with Crippen LogP contribution in [-0.2, 0) is 27.1 Å². The van der Waals surface area contributed by atoms with E-state index < -0.39 is 10.0 Å². The zero-order valence-corrected chi connectivity index (χ0v) is 13.2. The highest BCUT2D eigenvalue weighted by molar-refractivity contribution is 7.88. The van der Waals surface area contributed by atoms with Crippen LogP contribution in [0.2, 0.25) is 0 Å². The van der Waals surface area contributed by atoms with Crippen molar-refractivity contribution in [2.75, 3.05) is 13.2 Å². The van der Waals surface area contributed by atoms with Crippen LogP contribution in [0.5, 0.6) is 0 Å². The van der Waals surface area contributed by atoms with Gasteiger partial charge in [0.05, 0.1) is 11.9 Å². The van der Waals surface area contributed by atoms with Gasteiger partial charge in [-0.3, -0.25) is 0 Å². The van der Waals surface area contributed by atoms with Crippen LogP contribution in [0.3, 0.4) is 0 Å². The number of ether oxygens (including phenoxy) is 1. The molecule has 1 fully saturated rings. The van der Waals surface area contributed by atoms with E-state index in [0.717, 1.165) is 30.6 Å². The van der Waals surface area contributed by atoms with Crippen molar-refractivity contribution in [3.63, 3.8) is 0 Å². The lowest BCUT2D eigenvalue weighted by Gasteiger charge is -2.17. The van der Waals surface area contributed by atoms with Crippen molar-refractivity contribution in [3.05, 3.63) is 35.4 Å². The molecule has 1 aromatic carbocycles. The van der Waals surface area contributed by atoms with Crippen molar-refractivity contribution in [2.24, 2.45) is 11.7 Å². The molecule has 1 aliphatic heterocycles. The summed E-state index contributed by atoms with van der Waals surface area (Å²) in [6.07, 6.45) is 2.02. The van der Waals surface area contributed by atoms with E-state index in [4.69, 9.17) is 10.5 Å². The third-order valence-electron chi connectivity index (χ3n) is 3.90. The molecule has 5 nitrogen and oxygen atoms in total. The summed E-state index contributed by atoms with van der Waals surface area (Å²) in [6.45, 7) is 3.66. The summed E-state index contributed by atoms with van der Waals surface area (Å²) >= 11 is 0. The lowest BCUT2D eigenvalue weighted by atomic mass is 10.0. The molecular weight excluding hydrogens is 288 g/mol. The van der Waals surface area contributed by atoms with Crippen molar-refractivity contribution in [3.8, 4) is 0 Å². The van der Waals surface area contributed by atoms with Gasteiger partial charge in [-0.25, -0.2) is 13.1 Å². The Labute approximate surface area is 126 Å². The molecule has 118 valence electrons. The largest absolute Gasteiger partial charge is 0.378 e. The van der Waals surface area contributed by atoms with Crippen molar-refractivity contribution in [1.29, 1.82) is 0 Å². The van der Waals surface area contributed by atoms with E-state index in [0.29, 0.717) is 13.1 Å². The Bertz CT molecular complexity index is 560. The van der Waals surface area contributed by atoms with Crippen LogP contribution in [0.1, 0.15) is 30.9 Å². The number of nitrogens with two attached hydrogens (primary N) is 1. The van der Waals surface area contributed by atoms with Gasteiger partial charge in [-0.1, -0.05) is 31.2 Å². The van der Waals surface area contributed by atoms with Gasteiger partial charge in [-0.15, -0.1) is 0 Å². The van der Waals surface area contributed by atoms with E-state index in [9.17, 15) is 8.42 Å². The van der Waals surface area contributed by atoms with E-state index >= 15 is 0 Å². The van der Waals surface area contributed by atoms with Crippen LogP contribution in [0.15, 0.2) is 24.3 Å². The molecule has 21 heavy (non-hydrogen) atoms. The molecule has 6 heteroatoms. The third-order valence-corrected chi connectivity index (χ3v) is 5.22. The maximum Gasteiger partial charge on any atom is 0.215 e. The molecular formula is C15H24N2O3S. The molecule has 0 amide bonds. The zero-order chi connectivity index (χ0) is 15.3. The highest BCUT2D eigenvalue weighted by Gasteiger charge is 2.27. The SMILES string of the molecule is CCC1OCCC1CNS(=O)(=O)Cc1cccc(CN)c1. The lowest BCUT2D eigenvalue weighted by molar-refractivity contribution is 0.0884. The third kappa shape index (κ3) is 4.78. The summed E-state index contributed by atoms with van der Waals surface area (Å²) in [4.78, 5) is 0. The molecule has 0 aromatic heterocycles. The number of hydrogen-bond acceptors (Lipinski definition) is 4. The molecule has 2 unspecified atom stereocenters. The van der Waals surface area contributed by atoms with Gasteiger partial charge in [-0.2, -0.15) is 0 Å². The molecule has 0 saturated carbocycles. The van der Waals surface area contributed by atoms with Crippen LogP contribution in [0.4, 0.5) is 0 Å². The fourth-order valence-corrected chi connectivity index (χ4v) is 3.92. The van der Waals surface area contributed by atoms with Crippen LogP contribution in [0.25, 0.3) is 0 Å². The highest BCUT2D eigenvalue weighted by Crippen LogP contribution is 2.22. The highest BCUT2D eigenvalue weighted by atomic mass is 32.2. The molecule has 0 bridgehead atoms. The van der Waals surface area contributed by atoms with E-state index in [1.165, 1.54) is 0 Å². The minimum Gasteiger partial charge on any atom is -0.378 e. The van der Waals surface area contributed by atoms with Crippen LogP contribution in [0, 0.1) is 5.92 Å². The van der Waals surface area contributed by atoms with E-state index in [1.54, 1.807) is 0 Å². The predicted octanol–water partition coefficient (Wildman–Crippen LogP) is 1.38. The van der Waals surface area contributed by atoms with Gasteiger partial charge in [0.25, 0.3) is 0 Å². The van der Waals surface area contributed by atoms with E-state index in [-0.39, 0.29) is 17.8 Å². The predicted molar refractivity (Wildman–Crippen MR) is 83.1 cm³/mol. The zero-order valence-electron chi connectivity index (χ0n) is 12.4. The maximum absolute atomic E-state index is 12.2. The van der Waals surface area contributed by atoms with Crippen LogP contribution in [-0.4, -0.2) is 27.7 Å². The second-order valence-electron chi connectivity index (χ2n) is 5.50. The van der Waals surface area contributed by atoms with Gasteiger partial charge in [0.15, 0.2) is 0 Å². The van der Waals surface area contributed by atoms with Crippen LogP contribution >= 0.6 is 0 Å². The molecule has 1 aromatic rings. The first-order valence-corrected chi connectivity index (χ1v) is 9.06. The Kier molecular flexibility index (Phi) is 5.75. The lowest BCUT2D eigenvalue weighted by Crippen LogP contribution is -2.33. The average molecular weight is 312 g/mol. The maximum atomic E-state index is 12.2. The van der Waals surface area contributed by atoms with Gasteiger partial charge in [-0.05, 0) is 24.0 Å². The van der Waals surface area contributed by atoms with E-state index in [2.05, 4.69) is 11.6 Å². The van der Waals surface area contributed by atoms with Gasteiger partial charge < -0.3 is 10.5 Å². The Morgan fingerprint density at radius 1 is 1.38 bits per heavy atom. The number of hydrogen-bond donors (Lipinski definition) is 2. The van der Waals surface area contributed by atoms with Crippen molar-refractivity contribution in [2.45, 2.75) is 38.2 Å². The summed E-state index contributed by atoms with van der Waals surface area (Å²) in [6, 6.07) is 7.38. The molecule has 1 heterocycles. The summed E-state index contributed by atoms with van der Waals surface area (Å²) < 4.78 is 32.6. The Morgan fingerprint density at radius 2 is 2.14 bits per heavy atom. The monoisotopic (exact) mass is 312 g/mol. The van der Waals surface area contributed by atoms with Gasteiger partial charge in [0, 0.05) is 25.6 Å². The Hall–Kier alpha value is -0.950. The molecule has 0 spiro atoms. The first-order valence-electron chi connectivity index (χ1n) is 7.41. The first-order chi connectivity index (χ1) is 10.0. The molecule has 3 N–H and O–H groups in total. The van der Waals surface area contributed by atoms with Crippen molar-refractivity contribution in [1.82, 2.24) is 4.72 Å². The minimum atomic E-state index is -3.33. The second-order valence-corrected chi connectivity index (χ2v) is 7.30. The summed E-state index contributed by atoms with van der Waals surface area (Å²) in [5, 5.41) is 0. The number of rotatable bonds is 7. The summed E-state index contributed by atoms with van der Waals surface area (Å²) in [5.41, 5.74) is 7.28. The van der Waals surface area contributed by atoms with Crippen LogP contribution < -0.4 is 10.5 Å². The van der Waals surface area contributed by atoms with Crippen molar-refractivity contribution >= 4 is 10.0 Å². The molecule has 0 radical (unpaired) electrons. The number of sulfonamides is 1. The number of nitrogens with one attached hydrogen (secondary N) is 1. The topological polar surface area (TPSA) is 81.4 Å². The molecule has 2 atom stereocenters. The van der Waals surface area contributed by atoms with Gasteiger partial charge in [0.2, 0.25) is 10.0 Å². The molecule has 1 aliphatic rings. The molecule has 2 rings (SSSR count). The standard InChI is InChI=1S/C15H24N2O3S/c1-2-15-14(6-7-20-15)10-17-21(18,19)11-13-5-3-4-12(8-13)9-16/h3-5,8,14-15,17H,2,6-7,9-11,16H2,1H3.